The summed E-state index contributed by atoms with van der Waals surface area (Å²) in [5, 5.41) is 2.83. The molecule has 1 aliphatic rings. The van der Waals surface area contributed by atoms with Crippen LogP contribution in [0.1, 0.15) is 18.4 Å². The lowest BCUT2D eigenvalue weighted by molar-refractivity contribution is -0.114. The minimum atomic E-state index is -4.14. The van der Waals surface area contributed by atoms with E-state index in [9.17, 15) is 21.6 Å². The van der Waals surface area contributed by atoms with Gasteiger partial charge in [-0.1, -0.05) is 29.3 Å². The molecule has 0 unspecified atom stereocenters. The summed E-state index contributed by atoms with van der Waals surface area (Å²) in [6.07, 6.45) is 1.66. The van der Waals surface area contributed by atoms with Crippen LogP contribution >= 0.6 is 11.6 Å². The van der Waals surface area contributed by atoms with Crippen molar-refractivity contribution >= 4 is 48.9 Å². The first-order valence-electron chi connectivity index (χ1n) is 11.9. The normalized spacial score (nSPS) is 14.3. The monoisotopic (exact) mass is 577 g/mol. The summed E-state index contributed by atoms with van der Waals surface area (Å²) in [4.78, 5) is 13.2. The first kappa shape index (κ1) is 27.9. The molecule has 0 spiro atoms. The predicted molar refractivity (Wildman–Crippen MR) is 147 cm³/mol. The van der Waals surface area contributed by atoms with Gasteiger partial charge >= 0.3 is 0 Å². The SMILES string of the molecule is COc1ccc(N(CC(=O)Nc2ccc(S(=O)(=O)N3CCCC3)cc2)S(=O)(=O)c2ccc(C)cc2)cc1Cl. The van der Waals surface area contributed by atoms with Gasteiger partial charge in [-0.05, 0) is 74.4 Å². The summed E-state index contributed by atoms with van der Waals surface area (Å²) in [7, 11) is -6.29. The molecule has 3 aromatic rings. The summed E-state index contributed by atoms with van der Waals surface area (Å²) < 4.78 is 60.2. The van der Waals surface area contributed by atoms with E-state index >= 15 is 0 Å². The van der Waals surface area contributed by atoms with Gasteiger partial charge in [0, 0.05) is 18.8 Å². The van der Waals surface area contributed by atoms with Crippen molar-refractivity contribution in [1.82, 2.24) is 4.31 Å². The summed E-state index contributed by atoms with van der Waals surface area (Å²) in [6, 6.07) is 16.5. The van der Waals surface area contributed by atoms with Gasteiger partial charge < -0.3 is 10.1 Å². The number of anilines is 2. The number of aryl methyl sites for hydroxylation is 1. The molecule has 38 heavy (non-hydrogen) atoms. The average molecular weight is 578 g/mol. The van der Waals surface area contributed by atoms with Gasteiger partial charge in [-0.3, -0.25) is 9.10 Å². The van der Waals surface area contributed by atoms with E-state index in [2.05, 4.69) is 5.32 Å². The quantitative estimate of drug-likeness (QED) is 0.406. The number of ether oxygens (including phenoxy) is 1. The lowest BCUT2D eigenvalue weighted by Crippen LogP contribution is -2.38. The number of nitrogens with one attached hydrogen (secondary N) is 1. The zero-order valence-electron chi connectivity index (χ0n) is 20.9. The molecule has 1 amide bonds. The van der Waals surface area contributed by atoms with Gasteiger partial charge in [-0.2, -0.15) is 4.31 Å². The molecule has 0 bridgehead atoms. The van der Waals surface area contributed by atoms with Crippen molar-refractivity contribution in [3.63, 3.8) is 0 Å². The highest BCUT2D eigenvalue weighted by Crippen LogP contribution is 2.32. The van der Waals surface area contributed by atoms with E-state index in [0.29, 0.717) is 24.5 Å². The van der Waals surface area contributed by atoms with Gasteiger partial charge in [0.2, 0.25) is 15.9 Å². The fourth-order valence-electron chi connectivity index (χ4n) is 4.08. The second-order valence-electron chi connectivity index (χ2n) is 8.83. The maximum Gasteiger partial charge on any atom is 0.264 e. The van der Waals surface area contributed by atoms with Crippen LogP contribution in [0.3, 0.4) is 0 Å². The molecular weight excluding hydrogens is 550 g/mol. The Morgan fingerprint density at radius 1 is 0.947 bits per heavy atom. The van der Waals surface area contributed by atoms with Crippen LogP contribution in [0.25, 0.3) is 0 Å². The lowest BCUT2D eigenvalue weighted by Gasteiger charge is -2.24. The Balaban J connectivity index is 1.58. The van der Waals surface area contributed by atoms with Crippen LogP contribution in [0, 0.1) is 6.92 Å². The van der Waals surface area contributed by atoms with E-state index in [1.807, 2.05) is 6.92 Å². The van der Waals surface area contributed by atoms with Crippen molar-refractivity contribution in [3.8, 4) is 5.75 Å². The summed E-state index contributed by atoms with van der Waals surface area (Å²) in [5.74, 6) is -0.265. The molecule has 1 N–H and O–H groups in total. The number of hydrogen-bond donors (Lipinski definition) is 1. The average Bonchev–Trinajstić information content (AvgIpc) is 3.44. The van der Waals surface area contributed by atoms with E-state index in [0.717, 1.165) is 22.7 Å². The Morgan fingerprint density at radius 3 is 2.13 bits per heavy atom. The number of sulfonamides is 2. The highest BCUT2D eigenvalue weighted by Gasteiger charge is 2.29. The molecule has 4 rings (SSSR count). The van der Waals surface area contributed by atoms with Crippen molar-refractivity contribution < 1.29 is 26.4 Å². The maximum atomic E-state index is 13.6. The second kappa shape index (κ2) is 11.3. The highest BCUT2D eigenvalue weighted by atomic mass is 35.5. The molecule has 1 heterocycles. The molecule has 1 fully saturated rings. The van der Waals surface area contributed by atoms with Crippen LogP contribution in [0.2, 0.25) is 5.02 Å². The minimum Gasteiger partial charge on any atom is -0.495 e. The number of hydrogen-bond acceptors (Lipinski definition) is 6. The fraction of sp³-hybridized carbons (Fsp3) is 0.269. The molecule has 9 nitrogen and oxygen atoms in total. The van der Waals surface area contributed by atoms with Crippen molar-refractivity contribution in [2.24, 2.45) is 0 Å². The number of carbonyl (C=O) groups excluding carboxylic acids is 1. The molecule has 3 aromatic carbocycles. The first-order chi connectivity index (χ1) is 18.0. The van der Waals surface area contributed by atoms with E-state index in [1.165, 1.54) is 66.0 Å². The summed E-state index contributed by atoms with van der Waals surface area (Å²) in [5.41, 5.74) is 1.39. The molecular formula is C26H28ClN3O6S2. The van der Waals surface area contributed by atoms with Gasteiger partial charge in [0.05, 0.1) is 27.6 Å². The number of carbonyl (C=O) groups is 1. The molecule has 0 aromatic heterocycles. The molecule has 202 valence electrons. The van der Waals surface area contributed by atoms with Crippen molar-refractivity contribution in [1.29, 1.82) is 0 Å². The molecule has 1 saturated heterocycles. The molecule has 0 atom stereocenters. The van der Waals surface area contributed by atoms with Crippen molar-refractivity contribution in [2.45, 2.75) is 29.6 Å². The Kier molecular flexibility index (Phi) is 8.31. The Labute approximate surface area is 228 Å². The third-order valence-corrected chi connectivity index (χ3v) is 10.2. The number of methoxy groups -OCH3 is 1. The van der Waals surface area contributed by atoms with Crippen LogP contribution in [0.4, 0.5) is 11.4 Å². The van der Waals surface area contributed by atoms with E-state index < -0.39 is 32.5 Å². The standard InChI is InChI=1S/C26H28ClN3O6S2/c1-19-5-10-23(11-6-19)38(34,35)30(21-9-14-25(36-2)24(27)17-21)18-26(31)28-20-7-12-22(13-8-20)37(32,33)29-15-3-4-16-29/h5-14,17H,3-4,15-16,18H2,1-2H3,(H,28,31). The van der Waals surface area contributed by atoms with Gasteiger partial charge in [-0.25, -0.2) is 16.8 Å². The molecule has 12 heteroatoms. The number of halogens is 1. The summed E-state index contributed by atoms with van der Waals surface area (Å²) in [6.45, 7) is 2.27. The van der Waals surface area contributed by atoms with Crippen LogP contribution in [-0.2, 0) is 24.8 Å². The Hall–Kier alpha value is -3.12. The number of nitrogens with zero attached hydrogens (tertiary/aromatic N) is 2. The largest absolute Gasteiger partial charge is 0.495 e. The van der Waals surface area contributed by atoms with Crippen molar-refractivity contribution in [3.05, 3.63) is 77.3 Å². The topological polar surface area (TPSA) is 113 Å². The van der Waals surface area contributed by atoms with Gasteiger partial charge in [0.1, 0.15) is 12.3 Å². The highest BCUT2D eigenvalue weighted by molar-refractivity contribution is 7.92. The maximum absolute atomic E-state index is 13.6. The smallest absolute Gasteiger partial charge is 0.264 e. The van der Waals surface area contributed by atoms with E-state index in [4.69, 9.17) is 16.3 Å². The predicted octanol–water partition coefficient (Wildman–Crippen LogP) is 4.28. The van der Waals surface area contributed by atoms with Crippen molar-refractivity contribution in [2.75, 3.05) is 36.4 Å². The Bertz CT molecular complexity index is 1520. The lowest BCUT2D eigenvalue weighted by atomic mass is 10.2. The van der Waals surface area contributed by atoms with Gasteiger partial charge in [0.25, 0.3) is 10.0 Å². The molecule has 1 aliphatic heterocycles. The van der Waals surface area contributed by atoms with Gasteiger partial charge in [-0.15, -0.1) is 0 Å². The van der Waals surface area contributed by atoms with E-state index in [1.54, 1.807) is 12.1 Å². The first-order valence-corrected chi connectivity index (χ1v) is 15.1. The van der Waals surface area contributed by atoms with Crippen LogP contribution in [0.5, 0.6) is 5.75 Å². The number of amides is 1. The second-order valence-corrected chi connectivity index (χ2v) is 13.0. The zero-order chi connectivity index (χ0) is 27.5. The Morgan fingerprint density at radius 2 is 1.55 bits per heavy atom. The molecule has 0 aliphatic carbocycles. The minimum absolute atomic E-state index is 0.0133. The third kappa shape index (κ3) is 5.96. The van der Waals surface area contributed by atoms with Crippen LogP contribution < -0.4 is 14.4 Å². The third-order valence-electron chi connectivity index (χ3n) is 6.16. The number of benzene rings is 3. The van der Waals surface area contributed by atoms with Crippen LogP contribution in [-0.4, -0.2) is 53.8 Å². The van der Waals surface area contributed by atoms with E-state index in [-0.39, 0.29) is 20.5 Å². The summed E-state index contributed by atoms with van der Waals surface area (Å²) >= 11 is 6.26. The number of rotatable bonds is 9. The van der Waals surface area contributed by atoms with Crippen LogP contribution in [0.15, 0.2) is 76.5 Å². The fourth-order valence-corrected chi connectivity index (χ4v) is 7.26. The molecule has 0 radical (unpaired) electrons. The van der Waals surface area contributed by atoms with Gasteiger partial charge in [0.15, 0.2) is 0 Å². The molecule has 0 saturated carbocycles. The zero-order valence-corrected chi connectivity index (χ0v) is 23.3.